The average Bonchev–Trinajstić information content (AvgIpc) is 2.77. The topological polar surface area (TPSA) is 84.2 Å². The van der Waals surface area contributed by atoms with E-state index >= 15 is 0 Å². The van der Waals surface area contributed by atoms with Crippen LogP contribution in [0.2, 0.25) is 0 Å². The molecule has 6 heteroatoms. The van der Waals surface area contributed by atoms with Crippen LogP contribution in [0.25, 0.3) is 0 Å². The van der Waals surface area contributed by atoms with Crippen molar-refractivity contribution in [3.05, 3.63) is 71.5 Å². The van der Waals surface area contributed by atoms with Gasteiger partial charge < -0.3 is 16.4 Å². The summed E-state index contributed by atoms with van der Waals surface area (Å²) in [5.74, 6) is -0.781. The van der Waals surface area contributed by atoms with Crippen LogP contribution >= 0.6 is 0 Å². The van der Waals surface area contributed by atoms with Gasteiger partial charge in [0.2, 0.25) is 0 Å². The number of carbonyl (C=O) groups is 2. The molecule has 3 rings (SSSR count). The van der Waals surface area contributed by atoms with Gasteiger partial charge in [0.1, 0.15) is 5.82 Å². The Balaban J connectivity index is 1.69. The summed E-state index contributed by atoms with van der Waals surface area (Å²) >= 11 is 0. The van der Waals surface area contributed by atoms with Crippen LogP contribution in [0.1, 0.15) is 35.2 Å². The minimum absolute atomic E-state index is 0.0107. The molecule has 4 N–H and O–H groups in total. The third-order valence-electron chi connectivity index (χ3n) is 5.48. The van der Waals surface area contributed by atoms with Gasteiger partial charge in [-0.2, -0.15) is 0 Å². The summed E-state index contributed by atoms with van der Waals surface area (Å²) < 4.78 is 13.9. The molecule has 0 saturated carbocycles. The lowest BCUT2D eigenvalue weighted by atomic mass is 9.85. The quantitative estimate of drug-likeness (QED) is 0.639. The number of hydrogen-bond acceptors (Lipinski definition) is 4. The number of aryl methyl sites for hydroxylation is 1. The minimum Gasteiger partial charge on any atom is -0.342 e. The predicted molar refractivity (Wildman–Crippen MR) is 111 cm³/mol. The van der Waals surface area contributed by atoms with E-state index in [1.807, 2.05) is 6.07 Å². The highest BCUT2D eigenvalue weighted by Gasteiger charge is 2.33. The Kier molecular flexibility index (Phi) is 7.49. The van der Waals surface area contributed by atoms with E-state index < -0.39 is 12.1 Å². The maximum atomic E-state index is 13.9. The lowest BCUT2D eigenvalue weighted by molar-refractivity contribution is -0.123. The molecule has 0 radical (unpaired) electrons. The van der Waals surface area contributed by atoms with Crippen molar-refractivity contribution in [1.82, 2.24) is 10.6 Å². The predicted octanol–water partition coefficient (Wildman–Crippen LogP) is 2.45. The van der Waals surface area contributed by atoms with Crippen LogP contribution in [0.15, 0.2) is 54.6 Å². The number of piperidine rings is 1. The van der Waals surface area contributed by atoms with Gasteiger partial charge in [-0.25, -0.2) is 4.39 Å². The Morgan fingerprint density at radius 2 is 1.86 bits per heavy atom. The second kappa shape index (κ2) is 10.3. The SMILES string of the molecule is NC(CCc1ccccc1F)C(=O)C(NC(=O)c1ccccc1)C1CCCNC1. The lowest BCUT2D eigenvalue weighted by Gasteiger charge is -2.32. The van der Waals surface area contributed by atoms with Crippen molar-refractivity contribution in [1.29, 1.82) is 0 Å². The summed E-state index contributed by atoms with van der Waals surface area (Å²) in [4.78, 5) is 25.8. The highest BCUT2D eigenvalue weighted by molar-refractivity contribution is 5.99. The smallest absolute Gasteiger partial charge is 0.251 e. The van der Waals surface area contributed by atoms with Crippen molar-refractivity contribution in [3.63, 3.8) is 0 Å². The highest BCUT2D eigenvalue weighted by Crippen LogP contribution is 2.18. The van der Waals surface area contributed by atoms with Crippen LogP contribution in [0.5, 0.6) is 0 Å². The van der Waals surface area contributed by atoms with Gasteiger partial charge in [-0.1, -0.05) is 36.4 Å². The Labute approximate surface area is 170 Å². The first-order chi connectivity index (χ1) is 14.1. The fourth-order valence-electron chi connectivity index (χ4n) is 3.78. The molecule has 1 amide bonds. The first kappa shape index (κ1) is 21.1. The van der Waals surface area contributed by atoms with E-state index in [0.717, 1.165) is 19.4 Å². The number of amides is 1. The molecule has 0 aliphatic carbocycles. The van der Waals surface area contributed by atoms with Gasteiger partial charge in [-0.15, -0.1) is 0 Å². The average molecular weight is 397 g/mol. The van der Waals surface area contributed by atoms with E-state index in [-0.39, 0.29) is 23.4 Å². The zero-order chi connectivity index (χ0) is 20.6. The number of nitrogens with two attached hydrogens (primary N) is 1. The van der Waals surface area contributed by atoms with Gasteiger partial charge >= 0.3 is 0 Å². The number of halogens is 1. The summed E-state index contributed by atoms with van der Waals surface area (Å²) in [6.45, 7) is 1.56. The zero-order valence-corrected chi connectivity index (χ0v) is 16.4. The van der Waals surface area contributed by atoms with Gasteiger partial charge in [-0.05, 0) is 61.9 Å². The maximum absolute atomic E-state index is 13.9. The van der Waals surface area contributed by atoms with Crippen molar-refractivity contribution < 1.29 is 14.0 Å². The number of nitrogens with one attached hydrogen (secondary N) is 2. The van der Waals surface area contributed by atoms with Crippen molar-refractivity contribution in [2.75, 3.05) is 13.1 Å². The number of rotatable bonds is 8. The van der Waals surface area contributed by atoms with Gasteiger partial charge in [0.25, 0.3) is 5.91 Å². The molecule has 1 saturated heterocycles. The minimum atomic E-state index is -0.766. The third kappa shape index (κ3) is 5.71. The fourth-order valence-corrected chi connectivity index (χ4v) is 3.78. The summed E-state index contributed by atoms with van der Waals surface area (Å²) in [6.07, 6.45) is 2.50. The van der Waals surface area contributed by atoms with Gasteiger partial charge in [-0.3, -0.25) is 9.59 Å². The molecule has 1 fully saturated rings. The molecule has 29 heavy (non-hydrogen) atoms. The molecule has 2 aromatic carbocycles. The standard InChI is InChI=1S/C23H28FN3O2/c24-19-11-5-4-7-16(19)12-13-20(25)22(28)21(18-10-6-14-26-15-18)27-23(29)17-8-2-1-3-9-17/h1-5,7-9,11,18,20-21,26H,6,10,12-15,25H2,(H,27,29). The molecule has 5 nitrogen and oxygen atoms in total. The van der Waals surface area contributed by atoms with Gasteiger partial charge in [0.15, 0.2) is 5.78 Å². The third-order valence-corrected chi connectivity index (χ3v) is 5.48. The first-order valence-electron chi connectivity index (χ1n) is 10.2. The van der Waals surface area contributed by atoms with E-state index in [1.165, 1.54) is 6.07 Å². The molecule has 0 spiro atoms. The lowest BCUT2D eigenvalue weighted by Crippen LogP contribution is -2.55. The Morgan fingerprint density at radius 1 is 1.14 bits per heavy atom. The van der Waals surface area contributed by atoms with E-state index in [1.54, 1.807) is 42.5 Å². The normalized spacial score (nSPS) is 18.6. The first-order valence-corrected chi connectivity index (χ1v) is 10.2. The highest BCUT2D eigenvalue weighted by atomic mass is 19.1. The second-order valence-electron chi connectivity index (χ2n) is 7.56. The molecule has 1 aliphatic heterocycles. The van der Waals surface area contributed by atoms with E-state index in [4.69, 9.17) is 5.73 Å². The van der Waals surface area contributed by atoms with Crippen LogP contribution in [0.4, 0.5) is 4.39 Å². The Morgan fingerprint density at radius 3 is 2.55 bits per heavy atom. The van der Waals surface area contributed by atoms with E-state index in [9.17, 15) is 14.0 Å². The van der Waals surface area contributed by atoms with Crippen molar-refractivity contribution >= 4 is 11.7 Å². The Hall–Kier alpha value is -2.57. The number of carbonyl (C=O) groups excluding carboxylic acids is 2. The maximum Gasteiger partial charge on any atom is 0.251 e. The molecule has 154 valence electrons. The van der Waals surface area contributed by atoms with Gasteiger partial charge in [0.05, 0.1) is 12.1 Å². The molecule has 2 aromatic rings. The monoisotopic (exact) mass is 397 g/mol. The van der Waals surface area contributed by atoms with Gasteiger partial charge in [0, 0.05) is 12.1 Å². The molecular weight excluding hydrogens is 369 g/mol. The summed E-state index contributed by atoms with van der Waals surface area (Å²) in [5.41, 5.74) is 7.24. The molecular formula is C23H28FN3O2. The zero-order valence-electron chi connectivity index (χ0n) is 16.4. The van der Waals surface area contributed by atoms with Crippen LogP contribution in [0, 0.1) is 11.7 Å². The van der Waals surface area contributed by atoms with Crippen LogP contribution < -0.4 is 16.4 Å². The number of benzene rings is 2. The van der Waals surface area contributed by atoms with Crippen LogP contribution in [-0.2, 0) is 11.2 Å². The summed E-state index contributed by atoms with van der Waals surface area (Å²) in [6, 6.07) is 13.9. The van der Waals surface area contributed by atoms with Crippen LogP contribution in [-0.4, -0.2) is 36.9 Å². The molecule has 0 bridgehead atoms. The van der Waals surface area contributed by atoms with E-state index in [0.29, 0.717) is 30.5 Å². The molecule has 3 atom stereocenters. The molecule has 3 unspecified atom stereocenters. The summed E-state index contributed by atoms with van der Waals surface area (Å²) in [7, 11) is 0. The molecule has 1 heterocycles. The molecule has 1 aliphatic rings. The largest absolute Gasteiger partial charge is 0.342 e. The van der Waals surface area contributed by atoms with Crippen molar-refractivity contribution in [3.8, 4) is 0 Å². The Bertz CT molecular complexity index is 822. The number of hydrogen-bond donors (Lipinski definition) is 3. The fraction of sp³-hybridized carbons (Fsp3) is 0.391. The van der Waals surface area contributed by atoms with Crippen molar-refractivity contribution in [2.45, 2.75) is 37.8 Å². The molecule has 0 aromatic heterocycles. The van der Waals surface area contributed by atoms with E-state index in [2.05, 4.69) is 10.6 Å². The summed E-state index contributed by atoms with van der Waals surface area (Å²) in [5, 5.41) is 6.20. The second-order valence-corrected chi connectivity index (χ2v) is 7.56. The number of ketones is 1. The van der Waals surface area contributed by atoms with Crippen molar-refractivity contribution in [2.24, 2.45) is 11.7 Å². The van der Waals surface area contributed by atoms with Crippen LogP contribution in [0.3, 0.4) is 0 Å². The number of Topliss-reactive ketones (excluding diaryl/α,β-unsaturated/α-hetero) is 1.